The number of Topliss-reactive ketones (excluding diaryl/α,β-unsaturated/α-hetero) is 1. The van der Waals surface area contributed by atoms with E-state index in [0.717, 1.165) is 31.3 Å². The van der Waals surface area contributed by atoms with Gasteiger partial charge in [0.05, 0.1) is 0 Å². The average Bonchev–Trinajstić information content (AvgIpc) is 2.69. The van der Waals surface area contributed by atoms with Gasteiger partial charge in [-0.1, -0.05) is 31.8 Å². The SMILES string of the molecule is COC(C(=O)C1=CCCCCC1)C1CCCCC1. The number of hydrogen-bond donors (Lipinski definition) is 0. The Bertz CT molecular complexity index is 300. The summed E-state index contributed by atoms with van der Waals surface area (Å²) in [6, 6.07) is 0. The minimum absolute atomic E-state index is 0.172. The molecule has 2 rings (SSSR count). The van der Waals surface area contributed by atoms with Crippen molar-refractivity contribution < 1.29 is 9.53 Å². The van der Waals surface area contributed by atoms with Gasteiger partial charge in [-0.25, -0.2) is 0 Å². The van der Waals surface area contributed by atoms with Crippen molar-refractivity contribution in [2.24, 2.45) is 5.92 Å². The van der Waals surface area contributed by atoms with Gasteiger partial charge < -0.3 is 4.74 Å². The van der Waals surface area contributed by atoms with Crippen LogP contribution < -0.4 is 0 Å². The van der Waals surface area contributed by atoms with Crippen LogP contribution >= 0.6 is 0 Å². The normalized spacial score (nSPS) is 24.2. The largest absolute Gasteiger partial charge is 0.373 e. The maximum absolute atomic E-state index is 12.6. The van der Waals surface area contributed by atoms with E-state index >= 15 is 0 Å². The molecule has 0 saturated heterocycles. The Morgan fingerprint density at radius 3 is 2.61 bits per heavy atom. The fraction of sp³-hybridized carbons (Fsp3) is 0.812. The average molecular weight is 250 g/mol. The standard InChI is InChI=1S/C16H26O2/c1-18-16(14-11-7-4-8-12-14)15(17)13-9-5-2-3-6-10-13/h9,14,16H,2-8,10-12H2,1H3. The third-order valence-corrected chi connectivity index (χ3v) is 4.45. The summed E-state index contributed by atoms with van der Waals surface area (Å²) in [6.45, 7) is 0. The van der Waals surface area contributed by atoms with E-state index in [2.05, 4.69) is 6.08 Å². The molecule has 2 heteroatoms. The van der Waals surface area contributed by atoms with Gasteiger partial charge in [0.2, 0.25) is 0 Å². The minimum Gasteiger partial charge on any atom is -0.373 e. The summed E-state index contributed by atoms with van der Waals surface area (Å²) >= 11 is 0. The number of allylic oxidation sites excluding steroid dienone is 1. The Labute approximate surface area is 111 Å². The Balaban J connectivity index is 2.01. The van der Waals surface area contributed by atoms with Crippen LogP contribution in [-0.4, -0.2) is 19.0 Å². The van der Waals surface area contributed by atoms with Gasteiger partial charge in [-0.2, -0.15) is 0 Å². The molecule has 0 spiro atoms. The third kappa shape index (κ3) is 3.44. The number of ketones is 1. The minimum atomic E-state index is -0.172. The lowest BCUT2D eigenvalue weighted by molar-refractivity contribution is -0.129. The molecule has 1 saturated carbocycles. The molecule has 1 unspecified atom stereocenters. The van der Waals surface area contributed by atoms with Crippen molar-refractivity contribution in [3.8, 4) is 0 Å². The predicted octanol–water partition coefficient (Wildman–Crippen LogP) is 4.04. The summed E-state index contributed by atoms with van der Waals surface area (Å²) in [4.78, 5) is 12.6. The van der Waals surface area contributed by atoms with E-state index in [1.165, 1.54) is 38.5 Å². The first-order valence-electron chi connectivity index (χ1n) is 7.59. The molecule has 0 bridgehead atoms. The molecule has 0 amide bonds. The van der Waals surface area contributed by atoms with Crippen LogP contribution in [0.4, 0.5) is 0 Å². The van der Waals surface area contributed by atoms with Gasteiger partial charge in [-0.05, 0) is 50.0 Å². The highest BCUT2D eigenvalue weighted by Crippen LogP contribution is 2.30. The first-order chi connectivity index (χ1) is 8.83. The maximum atomic E-state index is 12.6. The number of carbonyl (C=O) groups is 1. The van der Waals surface area contributed by atoms with Gasteiger partial charge in [0.15, 0.2) is 5.78 Å². The molecular formula is C16H26O2. The Morgan fingerprint density at radius 1 is 1.17 bits per heavy atom. The van der Waals surface area contributed by atoms with Crippen LogP contribution in [0.5, 0.6) is 0 Å². The van der Waals surface area contributed by atoms with Gasteiger partial charge in [0.1, 0.15) is 6.10 Å². The van der Waals surface area contributed by atoms with Crippen molar-refractivity contribution in [1.29, 1.82) is 0 Å². The number of ether oxygens (including phenoxy) is 1. The lowest BCUT2D eigenvalue weighted by atomic mass is 9.82. The van der Waals surface area contributed by atoms with Crippen LogP contribution in [0.2, 0.25) is 0 Å². The van der Waals surface area contributed by atoms with Crippen molar-refractivity contribution in [3.05, 3.63) is 11.6 Å². The molecule has 2 aliphatic carbocycles. The second-order valence-electron chi connectivity index (χ2n) is 5.75. The van der Waals surface area contributed by atoms with E-state index in [9.17, 15) is 4.79 Å². The van der Waals surface area contributed by atoms with Crippen molar-refractivity contribution in [3.63, 3.8) is 0 Å². The topological polar surface area (TPSA) is 26.3 Å². The van der Waals surface area contributed by atoms with Crippen molar-refractivity contribution in [2.45, 2.75) is 70.3 Å². The highest BCUT2D eigenvalue weighted by molar-refractivity contribution is 5.99. The molecule has 2 nitrogen and oxygen atoms in total. The molecule has 0 heterocycles. The van der Waals surface area contributed by atoms with E-state index in [-0.39, 0.29) is 11.9 Å². The van der Waals surface area contributed by atoms with Gasteiger partial charge in [0, 0.05) is 7.11 Å². The van der Waals surface area contributed by atoms with Gasteiger partial charge in [0.25, 0.3) is 0 Å². The molecule has 102 valence electrons. The molecule has 0 radical (unpaired) electrons. The molecule has 0 aromatic carbocycles. The Kier molecular flexibility index (Phi) is 5.43. The smallest absolute Gasteiger partial charge is 0.187 e. The van der Waals surface area contributed by atoms with Crippen LogP contribution in [0.3, 0.4) is 0 Å². The highest BCUT2D eigenvalue weighted by Gasteiger charge is 2.31. The zero-order valence-electron chi connectivity index (χ0n) is 11.6. The van der Waals surface area contributed by atoms with Crippen molar-refractivity contribution in [2.75, 3.05) is 7.11 Å². The Morgan fingerprint density at radius 2 is 1.89 bits per heavy atom. The van der Waals surface area contributed by atoms with Crippen LogP contribution in [0, 0.1) is 5.92 Å². The first-order valence-corrected chi connectivity index (χ1v) is 7.59. The lowest BCUT2D eigenvalue weighted by Crippen LogP contribution is -2.34. The maximum Gasteiger partial charge on any atom is 0.187 e. The summed E-state index contributed by atoms with van der Waals surface area (Å²) in [5, 5.41) is 0. The fourth-order valence-electron chi connectivity index (χ4n) is 3.37. The zero-order valence-corrected chi connectivity index (χ0v) is 11.6. The highest BCUT2D eigenvalue weighted by atomic mass is 16.5. The number of rotatable bonds is 4. The molecule has 18 heavy (non-hydrogen) atoms. The lowest BCUT2D eigenvalue weighted by Gasteiger charge is -2.28. The van der Waals surface area contributed by atoms with Crippen molar-refractivity contribution in [1.82, 2.24) is 0 Å². The predicted molar refractivity (Wildman–Crippen MR) is 73.5 cm³/mol. The van der Waals surface area contributed by atoms with Crippen LogP contribution in [0.15, 0.2) is 11.6 Å². The molecule has 0 N–H and O–H groups in total. The molecule has 1 atom stereocenters. The Hall–Kier alpha value is -0.630. The number of methoxy groups -OCH3 is 1. The summed E-state index contributed by atoms with van der Waals surface area (Å²) in [7, 11) is 1.70. The summed E-state index contributed by atoms with van der Waals surface area (Å²) in [6.07, 6.45) is 13.9. The van der Waals surface area contributed by atoms with E-state index in [1.807, 2.05) is 0 Å². The molecule has 0 aromatic rings. The van der Waals surface area contributed by atoms with E-state index in [0.29, 0.717) is 5.92 Å². The fourth-order valence-corrected chi connectivity index (χ4v) is 3.37. The van der Waals surface area contributed by atoms with Crippen molar-refractivity contribution >= 4 is 5.78 Å². The summed E-state index contributed by atoms with van der Waals surface area (Å²) in [5.41, 5.74) is 1.05. The van der Waals surface area contributed by atoms with E-state index in [4.69, 9.17) is 4.74 Å². The summed E-state index contributed by atoms with van der Waals surface area (Å²) < 4.78 is 5.56. The molecular weight excluding hydrogens is 224 g/mol. The molecule has 1 fully saturated rings. The van der Waals surface area contributed by atoms with Gasteiger partial charge >= 0.3 is 0 Å². The second-order valence-corrected chi connectivity index (χ2v) is 5.75. The van der Waals surface area contributed by atoms with Gasteiger partial charge in [-0.3, -0.25) is 4.79 Å². The second kappa shape index (κ2) is 7.08. The summed E-state index contributed by atoms with van der Waals surface area (Å²) in [5.74, 6) is 0.742. The number of hydrogen-bond acceptors (Lipinski definition) is 2. The van der Waals surface area contributed by atoms with Crippen LogP contribution in [0.1, 0.15) is 64.2 Å². The molecule has 0 aromatic heterocycles. The number of carbonyl (C=O) groups excluding carboxylic acids is 1. The zero-order chi connectivity index (χ0) is 12.8. The molecule has 0 aliphatic heterocycles. The van der Waals surface area contributed by atoms with Crippen LogP contribution in [0.25, 0.3) is 0 Å². The van der Waals surface area contributed by atoms with Gasteiger partial charge in [-0.15, -0.1) is 0 Å². The quantitative estimate of drug-likeness (QED) is 0.752. The first kappa shape index (κ1) is 13.8. The van der Waals surface area contributed by atoms with E-state index in [1.54, 1.807) is 7.11 Å². The monoisotopic (exact) mass is 250 g/mol. The van der Waals surface area contributed by atoms with E-state index < -0.39 is 0 Å². The molecule has 2 aliphatic rings. The van der Waals surface area contributed by atoms with Crippen LogP contribution in [-0.2, 0) is 9.53 Å². The third-order valence-electron chi connectivity index (χ3n) is 4.45.